The number of rotatable bonds is 6. The van der Waals surface area contributed by atoms with Crippen LogP contribution >= 0.6 is 0 Å². The van der Waals surface area contributed by atoms with Crippen molar-refractivity contribution in [1.82, 2.24) is 10.6 Å². The molecule has 0 saturated carbocycles. The molecule has 0 aliphatic heterocycles. The number of nitrogens with zero attached hydrogens (tertiary/aromatic N) is 1. The Morgan fingerprint density at radius 2 is 2.21 bits per heavy atom. The fourth-order valence-electron chi connectivity index (χ4n) is 0.653. The van der Waals surface area contributed by atoms with Crippen molar-refractivity contribution in [3.63, 3.8) is 0 Å². The molecule has 6 heteroatoms. The minimum absolute atomic E-state index is 0.0567. The van der Waals surface area contributed by atoms with Crippen LogP contribution in [0.3, 0.4) is 0 Å². The predicted octanol–water partition coefficient (Wildman–Crippen LogP) is -0.921. The monoisotopic (exact) mass is 199 g/mol. The van der Waals surface area contributed by atoms with Crippen LogP contribution in [0.2, 0.25) is 0 Å². The lowest BCUT2D eigenvalue weighted by atomic mass is 10.3. The third-order valence-electron chi connectivity index (χ3n) is 1.50. The maximum Gasteiger partial charge on any atom is 0.320 e. The SMILES string of the molecule is C[C@H](NCC(=O)NCCC#N)C(=O)O. The zero-order valence-corrected chi connectivity index (χ0v) is 7.91. The number of amides is 1. The fraction of sp³-hybridized carbons (Fsp3) is 0.625. The van der Waals surface area contributed by atoms with Crippen molar-refractivity contribution in [1.29, 1.82) is 5.26 Å². The number of hydrogen-bond donors (Lipinski definition) is 3. The minimum Gasteiger partial charge on any atom is -0.480 e. The van der Waals surface area contributed by atoms with Crippen molar-refractivity contribution < 1.29 is 14.7 Å². The molecule has 0 bridgehead atoms. The van der Waals surface area contributed by atoms with E-state index in [0.29, 0.717) is 6.54 Å². The van der Waals surface area contributed by atoms with E-state index in [1.54, 1.807) is 0 Å². The van der Waals surface area contributed by atoms with Crippen molar-refractivity contribution in [2.75, 3.05) is 13.1 Å². The predicted molar refractivity (Wildman–Crippen MR) is 48.3 cm³/mol. The van der Waals surface area contributed by atoms with Gasteiger partial charge in [0.25, 0.3) is 0 Å². The van der Waals surface area contributed by atoms with Crippen LogP contribution in [-0.4, -0.2) is 36.1 Å². The summed E-state index contributed by atoms with van der Waals surface area (Å²) in [5.41, 5.74) is 0. The zero-order chi connectivity index (χ0) is 11.0. The molecule has 0 aromatic rings. The van der Waals surface area contributed by atoms with Crippen LogP contribution in [0.4, 0.5) is 0 Å². The molecule has 0 saturated heterocycles. The van der Waals surface area contributed by atoms with Crippen LogP contribution in [0, 0.1) is 11.3 Å². The normalized spacial score (nSPS) is 11.4. The smallest absolute Gasteiger partial charge is 0.320 e. The molecule has 0 unspecified atom stereocenters. The van der Waals surface area contributed by atoms with E-state index in [0.717, 1.165) is 0 Å². The lowest BCUT2D eigenvalue weighted by Gasteiger charge is -2.08. The van der Waals surface area contributed by atoms with E-state index in [9.17, 15) is 9.59 Å². The summed E-state index contributed by atoms with van der Waals surface area (Å²) in [6.45, 7) is 1.68. The lowest BCUT2D eigenvalue weighted by Crippen LogP contribution is -2.41. The lowest BCUT2D eigenvalue weighted by molar-refractivity contribution is -0.139. The second kappa shape index (κ2) is 6.86. The number of carbonyl (C=O) groups excluding carboxylic acids is 1. The Bertz CT molecular complexity index is 247. The summed E-state index contributed by atoms with van der Waals surface area (Å²) < 4.78 is 0. The highest BCUT2D eigenvalue weighted by Gasteiger charge is 2.10. The van der Waals surface area contributed by atoms with Crippen LogP contribution in [0.25, 0.3) is 0 Å². The van der Waals surface area contributed by atoms with Gasteiger partial charge in [0.1, 0.15) is 6.04 Å². The number of carboxylic acid groups (broad SMARTS) is 1. The van der Waals surface area contributed by atoms with Gasteiger partial charge in [-0.2, -0.15) is 5.26 Å². The summed E-state index contributed by atoms with van der Waals surface area (Å²) in [5, 5.41) is 21.6. The first kappa shape index (κ1) is 12.4. The van der Waals surface area contributed by atoms with Gasteiger partial charge in [-0.25, -0.2) is 0 Å². The van der Waals surface area contributed by atoms with Gasteiger partial charge in [0.2, 0.25) is 5.91 Å². The quantitative estimate of drug-likeness (QED) is 0.480. The highest BCUT2D eigenvalue weighted by atomic mass is 16.4. The average molecular weight is 199 g/mol. The Labute approximate surface area is 81.9 Å². The van der Waals surface area contributed by atoms with Crippen molar-refractivity contribution >= 4 is 11.9 Å². The molecular formula is C8H13N3O3. The molecule has 14 heavy (non-hydrogen) atoms. The first-order valence-electron chi connectivity index (χ1n) is 4.17. The van der Waals surface area contributed by atoms with E-state index in [1.807, 2.05) is 6.07 Å². The first-order valence-corrected chi connectivity index (χ1v) is 4.17. The Morgan fingerprint density at radius 1 is 1.57 bits per heavy atom. The zero-order valence-electron chi connectivity index (χ0n) is 7.91. The van der Waals surface area contributed by atoms with Gasteiger partial charge >= 0.3 is 5.97 Å². The van der Waals surface area contributed by atoms with E-state index >= 15 is 0 Å². The molecule has 0 rings (SSSR count). The number of aliphatic carboxylic acids is 1. The maximum absolute atomic E-state index is 11.0. The summed E-state index contributed by atoms with van der Waals surface area (Å²) in [4.78, 5) is 21.3. The topological polar surface area (TPSA) is 102 Å². The number of nitriles is 1. The molecule has 0 aromatic heterocycles. The highest BCUT2D eigenvalue weighted by molar-refractivity contribution is 5.79. The van der Waals surface area contributed by atoms with Gasteiger partial charge < -0.3 is 10.4 Å². The second-order valence-electron chi connectivity index (χ2n) is 2.70. The van der Waals surface area contributed by atoms with Gasteiger partial charge in [0.05, 0.1) is 19.0 Å². The molecule has 0 aliphatic rings. The molecule has 3 N–H and O–H groups in total. The molecule has 0 heterocycles. The third kappa shape index (κ3) is 5.97. The molecule has 6 nitrogen and oxygen atoms in total. The van der Waals surface area contributed by atoms with Gasteiger partial charge in [-0.3, -0.25) is 14.9 Å². The Hall–Kier alpha value is -1.61. The van der Waals surface area contributed by atoms with Crippen LogP contribution < -0.4 is 10.6 Å². The van der Waals surface area contributed by atoms with Crippen molar-refractivity contribution in [2.24, 2.45) is 0 Å². The van der Waals surface area contributed by atoms with Crippen molar-refractivity contribution in [3.05, 3.63) is 0 Å². The first-order chi connectivity index (χ1) is 6.57. The number of hydrogen-bond acceptors (Lipinski definition) is 4. The highest BCUT2D eigenvalue weighted by Crippen LogP contribution is 1.79. The molecule has 1 amide bonds. The molecule has 0 aromatic carbocycles. The summed E-state index contributed by atoms with van der Waals surface area (Å²) >= 11 is 0. The molecule has 0 fully saturated rings. The standard InChI is InChI=1S/C8H13N3O3/c1-6(8(13)14)11-5-7(12)10-4-2-3-9/h6,11H,2,4-5H2,1H3,(H,10,12)(H,13,14)/t6-/m0/s1. The van der Waals surface area contributed by atoms with Crippen LogP contribution in [-0.2, 0) is 9.59 Å². The van der Waals surface area contributed by atoms with Gasteiger partial charge in [-0.1, -0.05) is 0 Å². The molecular weight excluding hydrogens is 186 g/mol. The Morgan fingerprint density at radius 3 is 2.71 bits per heavy atom. The molecule has 0 radical (unpaired) electrons. The van der Waals surface area contributed by atoms with E-state index in [1.165, 1.54) is 6.92 Å². The second-order valence-corrected chi connectivity index (χ2v) is 2.70. The molecule has 1 atom stereocenters. The number of carbonyl (C=O) groups is 2. The molecule has 0 aliphatic carbocycles. The van der Waals surface area contributed by atoms with Crippen molar-refractivity contribution in [2.45, 2.75) is 19.4 Å². The molecule has 78 valence electrons. The summed E-state index contributed by atoms with van der Waals surface area (Å²) in [6.07, 6.45) is 0.250. The van der Waals surface area contributed by atoms with E-state index < -0.39 is 12.0 Å². The summed E-state index contributed by atoms with van der Waals surface area (Å²) in [5.74, 6) is -1.32. The van der Waals surface area contributed by atoms with Crippen LogP contribution in [0.5, 0.6) is 0 Å². The van der Waals surface area contributed by atoms with Crippen LogP contribution in [0.15, 0.2) is 0 Å². The largest absolute Gasteiger partial charge is 0.480 e. The minimum atomic E-state index is -1.00. The Balaban J connectivity index is 3.54. The van der Waals surface area contributed by atoms with Gasteiger partial charge in [0.15, 0.2) is 0 Å². The maximum atomic E-state index is 11.0. The van der Waals surface area contributed by atoms with Crippen molar-refractivity contribution in [3.8, 4) is 6.07 Å². The fourth-order valence-corrected chi connectivity index (χ4v) is 0.653. The van der Waals surface area contributed by atoms with Gasteiger partial charge in [0, 0.05) is 6.54 Å². The summed E-state index contributed by atoms with van der Waals surface area (Å²) in [6, 6.07) is 1.12. The molecule has 0 spiro atoms. The number of nitrogens with one attached hydrogen (secondary N) is 2. The van der Waals surface area contributed by atoms with Gasteiger partial charge in [-0.15, -0.1) is 0 Å². The Kier molecular flexibility index (Phi) is 6.07. The third-order valence-corrected chi connectivity index (χ3v) is 1.50. The van der Waals surface area contributed by atoms with E-state index in [-0.39, 0.29) is 18.9 Å². The number of carboxylic acids is 1. The van der Waals surface area contributed by atoms with Gasteiger partial charge in [-0.05, 0) is 6.92 Å². The van der Waals surface area contributed by atoms with E-state index in [4.69, 9.17) is 10.4 Å². The average Bonchev–Trinajstić information content (AvgIpc) is 2.14. The summed E-state index contributed by atoms with van der Waals surface area (Å²) in [7, 11) is 0. The van der Waals surface area contributed by atoms with E-state index in [2.05, 4.69) is 10.6 Å². The van der Waals surface area contributed by atoms with Crippen LogP contribution in [0.1, 0.15) is 13.3 Å².